The lowest BCUT2D eigenvalue weighted by Gasteiger charge is -1.99. The van der Waals surface area contributed by atoms with Crippen LogP contribution >= 0.6 is 0 Å². The number of benzene rings is 1. The summed E-state index contributed by atoms with van der Waals surface area (Å²) in [5, 5.41) is 17.9. The van der Waals surface area contributed by atoms with E-state index in [1.807, 2.05) is 24.3 Å². The minimum absolute atomic E-state index is 0.528. The van der Waals surface area contributed by atoms with Gasteiger partial charge in [-0.25, -0.2) is 0 Å². The second kappa shape index (κ2) is 2.55. The molecule has 0 aromatic heterocycles. The van der Waals surface area contributed by atoms with Crippen LogP contribution in [-0.4, -0.2) is 10.2 Å². The maximum Gasteiger partial charge on any atom is 0.278 e. The third kappa shape index (κ3) is 0.961. The smallest absolute Gasteiger partial charge is 0.278 e. The van der Waals surface area contributed by atoms with Gasteiger partial charge >= 0.3 is 0 Å². The molecule has 0 fully saturated rings. The number of allylic oxidation sites excluding steroid dienone is 1. The van der Waals surface area contributed by atoms with Crippen molar-refractivity contribution in [1.29, 1.82) is 0 Å². The molecule has 1 aliphatic rings. The molecule has 1 aliphatic carbocycles. The highest BCUT2D eigenvalue weighted by Gasteiger charge is 2.18. The Labute approximate surface area is 70.8 Å². The van der Waals surface area contributed by atoms with Gasteiger partial charge < -0.3 is 10.2 Å². The summed E-state index contributed by atoms with van der Waals surface area (Å²) in [4.78, 5) is 0. The van der Waals surface area contributed by atoms with Gasteiger partial charge in [0.25, 0.3) is 5.95 Å². The molecule has 0 unspecified atom stereocenters. The molecule has 0 spiro atoms. The first-order valence-electron chi connectivity index (χ1n) is 3.98. The Morgan fingerprint density at radius 2 is 1.83 bits per heavy atom. The fourth-order valence-electron chi connectivity index (χ4n) is 1.66. The van der Waals surface area contributed by atoms with Crippen LogP contribution in [0.15, 0.2) is 30.2 Å². The predicted molar refractivity (Wildman–Crippen MR) is 46.9 cm³/mol. The van der Waals surface area contributed by atoms with E-state index in [1.165, 1.54) is 5.56 Å². The van der Waals surface area contributed by atoms with Gasteiger partial charge in [0, 0.05) is 5.57 Å². The van der Waals surface area contributed by atoms with E-state index in [1.54, 1.807) is 0 Å². The molecule has 0 aliphatic heterocycles. The van der Waals surface area contributed by atoms with Crippen molar-refractivity contribution in [2.24, 2.45) is 0 Å². The number of aliphatic hydroxyl groups excluding tert-OH is 1. The largest absolute Gasteiger partial charge is 0.481 e. The van der Waals surface area contributed by atoms with Gasteiger partial charge in [0.1, 0.15) is 0 Å². The van der Waals surface area contributed by atoms with Crippen molar-refractivity contribution in [2.45, 2.75) is 12.8 Å². The summed E-state index contributed by atoms with van der Waals surface area (Å²) in [7, 11) is 0. The first kappa shape index (κ1) is 7.22. The molecule has 62 valence electrons. The normalized spacial score (nSPS) is 14.5. The highest BCUT2D eigenvalue weighted by atomic mass is 16.5. The summed E-state index contributed by atoms with van der Waals surface area (Å²) in [6.07, 6.45) is 1.65. The summed E-state index contributed by atoms with van der Waals surface area (Å²) in [5.41, 5.74) is 2.86. The SMILES string of the molecule is OC(O)=C1CCc2ccccc21. The van der Waals surface area contributed by atoms with E-state index in [2.05, 4.69) is 0 Å². The van der Waals surface area contributed by atoms with Crippen LogP contribution in [0.2, 0.25) is 0 Å². The minimum Gasteiger partial charge on any atom is -0.481 e. The van der Waals surface area contributed by atoms with Crippen molar-refractivity contribution >= 4 is 5.57 Å². The molecule has 2 heteroatoms. The van der Waals surface area contributed by atoms with Gasteiger partial charge in [-0.15, -0.1) is 0 Å². The maximum atomic E-state index is 8.93. The zero-order chi connectivity index (χ0) is 8.55. The fraction of sp³-hybridized carbons (Fsp3) is 0.200. The number of aryl methyl sites for hydroxylation is 1. The third-order valence-corrected chi connectivity index (χ3v) is 2.26. The molecule has 2 N–H and O–H groups in total. The van der Waals surface area contributed by atoms with Crippen LogP contribution in [-0.2, 0) is 6.42 Å². The van der Waals surface area contributed by atoms with Gasteiger partial charge in [-0.2, -0.15) is 0 Å². The first-order chi connectivity index (χ1) is 5.79. The molecule has 12 heavy (non-hydrogen) atoms. The van der Waals surface area contributed by atoms with Crippen molar-refractivity contribution in [3.05, 3.63) is 41.3 Å². The zero-order valence-corrected chi connectivity index (χ0v) is 6.62. The Kier molecular flexibility index (Phi) is 1.54. The number of fused-ring (bicyclic) bond motifs is 1. The number of aliphatic hydroxyl groups is 2. The molecule has 0 saturated heterocycles. The maximum absolute atomic E-state index is 8.93. The highest BCUT2D eigenvalue weighted by molar-refractivity contribution is 5.72. The average molecular weight is 162 g/mol. The molecular weight excluding hydrogens is 152 g/mol. The Bertz CT molecular complexity index is 335. The van der Waals surface area contributed by atoms with Crippen LogP contribution in [0.1, 0.15) is 17.5 Å². The third-order valence-electron chi connectivity index (χ3n) is 2.26. The second-order valence-corrected chi connectivity index (χ2v) is 2.96. The van der Waals surface area contributed by atoms with E-state index in [0.717, 1.165) is 18.4 Å². The molecule has 0 atom stereocenters. The molecular formula is C10H10O2. The van der Waals surface area contributed by atoms with Gasteiger partial charge in [-0.1, -0.05) is 24.3 Å². The van der Waals surface area contributed by atoms with Crippen LogP contribution < -0.4 is 0 Å². The lowest BCUT2D eigenvalue weighted by Crippen LogP contribution is -1.85. The summed E-state index contributed by atoms with van der Waals surface area (Å²) < 4.78 is 0. The molecule has 0 bridgehead atoms. The van der Waals surface area contributed by atoms with Gasteiger partial charge in [-0.05, 0) is 24.0 Å². The molecule has 0 radical (unpaired) electrons. The van der Waals surface area contributed by atoms with Crippen molar-refractivity contribution in [2.75, 3.05) is 0 Å². The summed E-state index contributed by atoms with van der Waals surface area (Å²) in [5.74, 6) is -0.528. The first-order valence-corrected chi connectivity index (χ1v) is 3.98. The van der Waals surface area contributed by atoms with E-state index < -0.39 is 5.95 Å². The number of hydrogen-bond donors (Lipinski definition) is 2. The molecule has 2 rings (SSSR count). The summed E-state index contributed by atoms with van der Waals surface area (Å²) >= 11 is 0. The number of hydrogen-bond acceptors (Lipinski definition) is 2. The van der Waals surface area contributed by atoms with Crippen LogP contribution in [0.25, 0.3) is 5.57 Å². The van der Waals surface area contributed by atoms with Crippen LogP contribution in [0.5, 0.6) is 0 Å². The molecule has 0 amide bonds. The van der Waals surface area contributed by atoms with Crippen LogP contribution in [0.4, 0.5) is 0 Å². The quantitative estimate of drug-likeness (QED) is 0.575. The summed E-state index contributed by atoms with van der Waals surface area (Å²) in [6, 6.07) is 7.82. The minimum atomic E-state index is -0.528. The molecule has 0 heterocycles. The van der Waals surface area contributed by atoms with E-state index in [9.17, 15) is 0 Å². The second-order valence-electron chi connectivity index (χ2n) is 2.96. The van der Waals surface area contributed by atoms with Gasteiger partial charge in [0.15, 0.2) is 0 Å². The van der Waals surface area contributed by atoms with Crippen molar-refractivity contribution in [1.82, 2.24) is 0 Å². The topological polar surface area (TPSA) is 40.5 Å². The fourth-order valence-corrected chi connectivity index (χ4v) is 1.66. The number of rotatable bonds is 0. The lowest BCUT2D eigenvalue weighted by atomic mass is 10.1. The van der Waals surface area contributed by atoms with Gasteiger partial charge in [-0.3, -0.25) is 0 Å². The lowest BCUT2D eigenvalue weighted by molar-refractivity contribution is 0.193. The summed E-state index contributed by atoms with van der Waals surface area (Å²) in [6.45, 7) is 0. The average Bonchev–Trinajstić information content (AvgIpc) is 2.47. The molecule has 0 saturated carbocycles. The Morgan fingerprint density at radius 3 is 2.58 bits per heavy atom. The van der Waals surface area contributed by atoms with Crippen molar-refractivity contribution in [3.63, 3.8) is 0 Å². The van der Waals surface area contributed by atoms with Crippen LogP contribution in [0, 0.1) is 0 Å². The molecule has 1 aromatic rings. The molecule has 2 nitrogen and oxygen atoms in total. The predicted octanol–water partition coefficient (Wildman–Crippen LogP) is 2.42. The van der Waals surface area contributed by atoms with E-state index in [0.29, 0.717) is 5.57 Å². The van der Waals surface area contributed by atoms with Gasteiger partial charge in [0.2, 0.25) is 0 Å². The Morgan fingerprint density at radius 1 is 1.08 bits per heavy atom. The Hall–Kier alpha value is -1.44. The van der Waals surface area contributed by atoms with Crippen molar-refractivity contribution < 1.29 is 10.2 Å². The highest BCUT2D eigenvalue weighted by Crippen LogP contribution is 2.32. The van der Waals surface area contributed by atoms with E-state index in [4.69, 9.17) is 10.2 Å². The standard InChI is InChI=1S/C10H10O2/c11-10(12)9-6-5-7-3-1-2-4-8(7)9/h1-4,11-12H,5-6H2. The van der Waals surface area contributed by atoms with Gasteiger partial charge in [0.05, 0.1) is 0 Å². The van der Waals surface area contributed by atoms with E-state index in [-0.39, 0.29) is 0 Å². The molecule has 1 aromatic carbocycles. The van der Waals surface area contributed by atoms with E-state index >= 15 is 0 Å². The Balaban J connectivity index is 2.57. The van der Waals surface area contributed by atoms with Crippen molar-refractivity contribution in [3.8, 4) is 0 Å². The zero-order valence-electron chi connectivity index (χ0n) is 6.62. The van der Waals surface area contributed by atoms with Crippen LogP contribution in [0.3, 0.4) is 0 Å². The monoisotopic (exact) mass is 162 g/mol.